The number of carbonyl (C=O) groups excluding carboxylic acids is 1. The van der Waals surface area contributed by atoms with Gasteiger partial charge in [0, 0.05) is 26.4 Å². The van der Waals surface area contributed by atoms with Gasteiger partial charge in [0.25, 0.3) is 5.89 Å². The van der Waals surface area contributed by atoms with E-state index in [1.807, 2.05) is 38.1 Å². The molecule has 0 bridgehead atoms. The van der Waals surface area contributed by atoms with Crippen LogP contribution in [0.1, 0.15) is 30.6 Å². The second-order valence-corrected chi connectivity index (χ2v) is 5.08. The number of hydrogen-bond acceptors (Lipinski definition) is 5. The van der Waals surface area contributed by atoms with Crippen LogP contribution in [0, 0.1) is 6.92 Å². The third-order valence-electron chi connectivity index (χ3n) is 3.35. The van der Waals surface area contributed by atoms with Crippen LogP contribution in [0.15, 0.2) is 28.8 Å². The van der Waals surface area contributed by atoms with Crippen LogP contribution in [0.25, 0.3) is 0 Å². The van der Waals surface area contributed by atoms with E-state index in [1.165, 1.54) is 0 Å². The molecule has 1 aromatic carbocycles. The van der Waals surface area contributed by atoms with Crippen LogP contribution in [0.5, 0.6) is 5.75 Å². The molecule has 0 aliphatic rings. The molecule has 6 heteroatoms. The first-order valence-corrected chi connectivity index (χ1v) is 7.34. The number of nitrogens with zero attached hydrogens (tertiary/aromatic N) is 3. The summed E-state index contributed by atoms with van der Waals surface area (Å²) in [6.45, 7) is 4.63. The minimum absolute atomic E-state index is 0.103. The van der Waals surface area contributed by atoms with E-state index >= 15 is 0 Å². The Kier molecular flexibility index (Phi) is 5.52. The number of hydrogen-bond donors (Lipinski definition) is 0. The summed E-state index contributed by atoms with van der Waals surface area (Å²) in [6.07, 6.45) is 1.06. The van der Waals surface area contributed by atoms with Gasteiger partial charge in [-0.15, -0.1) is 0 Å². The third-order valence-corrected chi connectivity index (χ3v) is 3.35. The Labute approximate surface area is 130 Å². The highest BCUT2D eigenvalue weighted by atomic mass is 16.5. The number of para-hydroxylation sites is 1. The Morgan fingerprint density at radius 3 is 2.86 bits per heavy atom. The minimum atomic E-state index is 0.103. The monoisotopic (exact) mass is 303 g/mol. The van der Waals surface area contributed by atoms with Gasteiger partial charge in [-0.05, 0) is 18.6 Å². The molecule has 22 heavy (non-hydrogen) atoms. The van der Waals surface area contributed by atoms with E-state index in [4.69, 9.17) is 9.26 Å². The van der Waals surface area contributed by atoms with Crippen molar-refractivity contribution in [3.05, 3.63) is 41.5 Å². The largest absolute Gasteiger partial charge is 0.483 e. The van der Waals surface area contributed by atoms with E-state index in [2.05, 4.69) is 10.1 Å². The molecule has 0 fully saturated rings. The average Bonchev–Trinajstić information content (AvgIpc) is 2.99. The SMILES string of the molecule is CCC(=O)N(C)CCc1noc(COc2ccccc2C)n1. The van der Waals surface area contributed by atoms with Crippen LogP contribution >= 0.6 is 0 Å². The van der Waals surface area contributed by atoms with Crippen molar-refractivity contribution in [2.45, 2.75) is 33.3 Å². The fraction of sp³-hybridized carbons (Fsp3) is 0.438. The van der Waals surface area contributed by atoms with Crippen LogP contribution in [-0.2, 0) is 17.8 Å². The van der Waals surface area contributed by atoms with E-state index in [-0.39, 0.29) is 12.5 Å². The number of ether oxygens (including phenoxy) is 1. The quantitative estimate of drug-likeness (QED) is 0.785. The summed E-state index contributed by atoms with van der Waals surface area (Å²) >= 11 is 0. The summed E-state index contributed by atoms with van der Waals surface area (Å²) in [7, 11) is 1.77. The topological polar surface area (TPSA) is 68.5 Å². The minimum Gasteiger partial charge on any atom is -0.483 e. The number of likely N-dealkylation sites (N-methyl/N-ethyl adjacent to an activating group) is 1. The Bertz CT molecular complexity index is 625. The lowest BCUT2D eigenvalue weighted by Gasteiger charge is -2.14. The maximum atomic E-state index is 11.5. The molecule has 1 aromatic heterocycles. The molecule has 0 atom stereocenters. The van der Waals surface area contributed by atoms with Crippen LogP contribution in [0.2, 0.25) is 0 Å². The lowest BCUT2D eigenvalue weighted by Crippen LogP contribution is -2.28. The number of aromatic nitrogens is 2. The van der Waals surface area contributed by atoms with Gasteiger partial charge in [0.15, 0.2) is 12.4 Å². The molecule has 2 rings (SSSR count). The van der Waals surface area contributed by atoms with Gasteiger partial charge >= 0.3 is 0 Å². The Morgan fingerprint density at radius 2 is 2.14 bits per heavy atom. The normalized spacial score (nSPS) is 10.5. The molecule has 6 nitrogen and oxygen atoms in total. The first-order valence-electron chi connectivity index (χ1n) is 7.34. The van der Waals surface area contributed by atoms with Crippen molar-refractivity contribution >= 4 is 5.91 Å². The van der Waals surface area contributed by atoms with Crippen LogP contribution < -0.4 is 4.74 Å². The van der Waals surface area contributed by atoms with Crippen molar-refractivity contribution in [1.29, 1.82) is 0 Å². The Hall–Kier alpha value is -2.37. The lowest BCUT2D eigenvalue weighted by molar-refractivity contribution is -0.129. The zero-order chi connectivity index (χ0) is 15.9. The van der Waals surface area contributed by atoms with Gasteiger partial charge in [-0.1, -0.05) is 30.3 Å². The first-order chi connectivity index (χ1) is 10.6. The molecule has 0 aliphatic heterocycles. The molecule has 0 saturated carbocycles. The average molecular weight is 303 g/mol. The van der Waals surface area contributed by atoms with Crippen molar-refractivity contribution in [3.8, 4) is 5.75 Å². The summed E-state index contributed by atoms with van der Waals surface area (Å²) in [5.74, 6) is 1.92. The summed E-state index contributed by atoms with van der Waals surface area (Å²) in [6, 6.07) is 7.76. The fourth-order valence-electron chi connectivity index (χ4n) is 1.97. The van der Waals surface area contributed by atoms with Gasteiger partial charge in [-0.3, -0.25) is 4.79 Å². The third kappa shape index (κ3) is 4.31. The van der Waals surface area contributed by atoms with Crippen molar-refractivity contribution in [2.24, 2.45) is 0 Å². The van der Waals surface area contributed by atoms with E-state index < -0.39 is 0 Å². The van der Waals surface area contributed by atoms with Crippen LogP contribution in [-0.4, -0.2) is 34.5 Å². The van der Waals surface area contributed by atoms with Crippen LogP contribution in [0.4, 0.5) is 0 Å². The summed E-state index contributed by atoms with van der Waals surface area (Å²) < 4.78 is 10.8. The summed E-state index contributed by atoms with van der Waals surface area (Å²) in [4.78, 5) is 17.4. The number of carbonyl (C=O) groups is 1. The second kappa shape index (κ2) is 7.59. The van der Waals surface area contributed by atoms with E-state index in [1.54, 1.807) is 11.9 Å². The maximum Gasteiger partial charge on any atom is 0.264 e. The fourth-order valence-corrected chi connectivity index (χ4v) is 1.97. The standard InChI is InChI=1S/C16H21N3O3/c1-4-16(20)19(3)10-9-14-17-15(22-18-14)11-21-13-8-6-5-7-12(13)2/h5-8H,4,9-11H2,1-3H3. The smallest absolute Gasteiger partial charge is 0.264 e. The molecule has 1 heterocycles. The van der Waals surface area contributed by atoms with Crippen molar-refractivity contribution in [2.75, 3.05) is 13.6 Å². The predicted molar refractivity (Wildman–Crippen MR) is 81.4 cm³/mol. The molecule has 2 aromatic rings. The Balaban J connectivity index is 1.84. The highest BCUT2D eigenvalue weighted by molar-refractivity contribution is 5.75. The number of rotatable bonds is 7. The number of aryl methyl sites for hydroxylation is 1. The molecule has 1 amide bonds. The highest BCUT2D eigenvalue weighted by Gasteiger charge is 2.11. The molecule has 0 spiro atoms. The molecule has 0 unspecified atom stereocenters. The van der Waals surface area contributed by atoms with Gasteiger partial charge < -0.3 is 14.2 Å². The maximum absolute atomic E-state index is 11.5. The van der Waals surface area contributed by atoms with E-state index in [0.717, 1.165) is 11.3 Å². The lowest BCUT2D eigenvalue weighted by atomic mass is 10.2. The van der Waals surface area contributed by atoms with Crippen LogP contribution in [0.3, 0.4) is 0 Å². The van der Waals surface area contributed by atoms with Crippen molar-refractivity contribution in [3.63, 3.8) is 0 Å². The Morgan fingerprint density at radius 1 is 1.36 bits per heavy atom. The number of amides is 1. The first kappa shape index (κ1) is 16.0. The molecule has 0 aliphatic carbocycles. The van der Waals surface area contributed by atoms with Gasteiger partial charge in [-0.25, -0.2) is 0 Å². The van der Waals surface area contributed by atoms with Gasteiger partial charge in [0.2, 0.25) is 5.91 Å². The van der Waals surface area contributed by atoms with Gasteiger partial charge in [0.1, 0.15) is 5.75 Å². The van der Waals surface area contributed by atoms with E-state index in [0.29, 0.717) is 31.1 Å². The number of benzene rings is 1. The second-order valence-electron chi connectivity index (χ2n) is 5.08. The zero-order valence-corrected chi connectivity index (χ0v) is 13.2. The highest BCUT2D eigenvalue weighted by Crippen LogP contribution is 2.17. The van der Waals surface area contributed by atoms with Crippen molar-refractivity contribution in [1.82, 2.24) is 15.0 Å². The van der Waals surface area contributed by atoms with Gasteiger partial charge in [-0.2, -0.15) is 4.98 Å². The molecule has 0 saturated heterocycles. The van der Waals surface area contributed by atoms with Crippen molar-refractivity contribution < 1.29 is 14.1 Å². The molecule has 0 N–H and O–H groups in total. The summed E-state index contributed by atoms with van der Waals surface area (Å²) in [5.41, 5.74) is 1.06. The van der Waals surface area contributed by atoms with E-state index in [9.17, 15) is 4.79 Å². The molecule has 0 radical (unpaired) electrons. The predicted octanol–water partition coefficient (Wildman–Crippen LogP) is 2.37. The molecule has 118 valence electrons. The summed E-state index contributed by atoms with van der Waals surface area (Å²) in [5, 5.41) is 3.90. The zero-order valence-electron chi connectivity index (χ0n) is 13.2. The van der Waals surface area contributed by atoms with Gasteiger partial charge in [0.05, 0.1) is 0 Å². The molecular weight excluding hydrogens is 282 g/mol. The molecular formula is C16H21N3O3.